The van der Waals surface area contributed by atoms with Gasteiger partial charge in [-0.1, -0.05) is 0 Å². The predicted molar refractivity (Wildman–Crippen MR) is 109 cm³/mol. The van der Waals surface area contributed by atoms with Crippen LogP contribution in [0.2, 0.25) is 0 Å². The Labute approximate surface area is 179 Å². The molecule has 32 heavy (non-hydrogen) atoms. The third-order valence-corrected chi connectivity index (χ3v) is 4.06. The van der Waals surface area contributed by atoms with Crippen molar-refractivity contribution >= 4 is 23.2 Å². The fraction of sp³-hybridized carbons (Fsp3) is 0.150. The highest BCUT2D eigenvalue weighted by Crippen LogP contribution is 2.34. The van der Waals surface area contributed by atoms with Crippen molar-refractivity contribution in [1.82, 2.24) is 9.97 Å². The molecule has 9 nitrogen and oxygen atoms in total. The molecule has 0 fully saturated rings. The zero-order valence-corrected chi connectivity index (χ0v) is 16.3. The first kappa shape index (κ1) is 22.5. The van der Waals surface area contributed by atoms with Crippen LogP contribution in [0, 0.1) is 10.1 Å². The summed E-state index contributed by atoms with van der Waals surface area (Å²) in [7, 11) is 0. The number of hydrogen-bond donors (Lipinski definition) is 2. The van der Waals surface area contributed by atoms with Crippen LogP contribution in [0.25, 0.3) is 0 Å². The van der Waals surface area contributed by atoms with Crippen LogP contribution in [-0.2, 0) is 6.18 Å². The van der Waals surface area contributed by atoms with E-state index in [2.05, 4.69) is 20.6 Å². The molecule has 2 aromatic heterocycles. The molecule has 0 atom stereocenters. The summed E-state index contributed by atoms with van der Waals surface area (Å²) in [4.78, 5) is 29.8. The third-order valence-electron chi connectivity index (χ3n) is 4.06. The molecule has 3 aromatic rings. The van der Waals surface area contributed by atoms with Crippen molar-refractivity contribution in [2.24, 2.45) is 0 Å². The number of carbonyl (C=O) groups excluding carboxylic acids is 1. The molecular weight excluding hydrogens is 431 g/mol. The fourth-order valence-corrected chi connectivity index (χ4v) is 2.57. The van der Waals surface area contributed by atoms with E-state index in [-0.39, 0.29) is 35.8 Å². The van der Waals surface area contributed by atoms with Gasteiger partial charge in [-0.05, 0) is 30.3 Å². The topological polar surface area (TPSA) is 119 Å². The number of alkyl halides is 3. The van der Waals surface area contributed by atoms with Gasteiger partial charge in [-0.2, -0.15) is 13.2 Å². The van der Waals surface area contributed by atoms with E-state index in [0.29, 0.717) is 5.82 Å². The highest BCUT2D eigenvalue weighted by Gasteiger charge is 2.31. The van der Waals surface area contributed by atoms with E-state index in [1.807, 2.05) is 0 Å². The molecule has 0 spiro atoms. The molecule has 2 N–H and O–H groups in total. The standard InChI is InChI=1S/C20H16F3N5O4/c21-20(22,23)14-8-15(10-17(9-14)32-19(29)13-2-1-5-24-11-13)25-6-7-26-18-4-3-16(12-27-18)28(30)31/h1-5,8-12,25H,6-7H2,(H,26,27). The second-order valence-corrected chi connectivity index (χ2v) is 6.39. The Morgan fingerprint density at radius 3 is 2.50 bits per heavy atom. The van der Waals surface area contributed by atoms with Gasteiger partial charge in [-0.15, -0.1) is 0 Å². The smallest absolute Gasteiger partial charge is 0.416 e. The fourth-order valence-electron chi connectivity index (χ4n) is 2.57. The zero-order chi connectivity index (χ0) is 23.1. The molecule has 0 aliphatic heterocycles. The van der Waals surface area contributed by atoms with Crippen LogP contribution in [0.15, 0.2) is 61.1 Å². The van der Waals surface area contributed by atoms with E-state index in [1.165, 1.54) is 42.7 Å². The lowest BCUT2D eigenvalue weighted by Crippen LogP contribution is -2.15. The summed E-state index contributed by atoms with van der Waals surface area (Å²) in [6, 6.07) is 8.52. The Morgan fingerprint density at radius 1 is 1.09 bits per heavy atom. The lowest BCUT2D eigenvalue weighted by Gasteiger charge is -2.14. The number of hydrogen-bond acceptors (Lipinski definition) is 8. The van der Waals surface area contributed by atoms with Crippen molar-refractivity contribution in [2.45, 2.75) is 6.18 Å². The number of pyridine rings is 2. The van der Waals surface area contributed by atoms with E-state index in [4.69, 9.17) is 4.74 Å². The Morgan fingerprint density at radius 2 is 1.88 bits per heavy atom. The highest BCUT2D eigenvalue weighted by molar-refractivity contribution is 5.90. The van der Waals surface area contributed by atoms with Gasteiger partial charge in [0.05, 0.1) is 16.1 Å². The van der Waals surface area contributed by atoms with E-state index in [1.54, 1.807) is 0 Å². The first-order valence-electron chi connectivity index (χ1n) is 9.15. The predicted octanol–water partition coefficient (Wildman–Crippen LogP) is 4.15. The van der Waals surface area contributed by atoms with Crippen molar-refractivity contribution in [1.29, 1.82) is 0 Å². The van der Waals surface area contributed by atoms with E-state index in [9.17, 15) is 28.1 Å². The molecule has 0 aliphatic carbocycles. The molecule has 0 unspecified atom stereocenters. The number of benzene rings is 1. The molecule has 1 aromatic carbocycles. The largest absolute Gasteiger partial charge is 0.423 e. The molecule has 0 radical (unpaired) electrons. The first-order valence-corrected chi connectivity index (χ1v) is 9.15. The minimum atomic E-state index is -4.64. The summed E-state index contributed by atoms with van der Waals surface area (Å²) in [6.07, 6.45) is -0.865. The molecule has 0 amide bonds. The normalized spacial score (nSPS) is 11.0. The Kier molecular flexibility index (Phi) is 6.83. The van der Waals surface area contributed by atoms with Crippen LogP contribution in [0.4, 0.5) is 30.4 Å². The molecule has 0 saturated carbocycles. The molecular formula is C20H16F3N5O4. The van der Waals surface area contributed by atoms with Gasteiger partial charge in [-0.25, -0.2) is 9.78 Å². The number of aromatic nitrogens is 2. The second-order valence-electron chi connectivity index (χ2n) is 6.39. The summed E-state index contributed by atoms with van der Waals surface area (Å²) in [5.41, 5.74) is -0.959. The molecule has 12 heteroatoms. The second kappa shape index (κ2) is 9.73. The number of esters is 1. The van der Waals surface area contributed by atoms with Crippen molar-refractivity contribution < 1.29 is 27.6 Å². The number of nitrogens with zero attached hydrogens (tertiary/aromatic N) is 3. The van der Waals surface area contributed by atoms with E-state index >= 15 is 0 Å². The monoisotopic (exact) mass is 447 g/mol. The Balaban J connectivity index is 1.65. The third kappa shape index (κ3) is 6.14. The number of rotatable bonds is 8. The highest BCUT2D eigenvalue weighted by atomic mass is 19.4. The van der Waals surface area contributed by atoms with E-state index in [0.717, 1.165) is 18.3 Å². The SMILES string of the molecule is O=C(Oc1cc(NCCNc2ccc([N+](=O)[O-])cn2)cc(C(F)(F)F)c1)c1cccnc1. The van der Waals surface area contributed by atoms with Gasteiger partial charge < -0.3 is 15.4 Å². The molecule has 0 aliphatic rings. The van der Waals surface area contributed by atoms with Crippen LogP contribution < -0.4 is 15.4 Å². The zero-order valence-electron chi connectivity index (χ0n) is 16.3. The average Bonchev–Trinajstić information content (AvgIpc) is 2.77. The lowest BCUT2D eigenvalue weighted by atomic mass is 10.1. The summed E-state index contributed by atoms with van der Waals surface area (Å²) >= 11 is 0. The number of halogens is 3. The summed E-state index contributed by atoms with van der Waals surface area (Å²) < 4.78 is 44.9. The number of carbonyl (C=O) groups is 1. The van der Waals surface area contributed by atoms with Gasteiger partial charge >= 0.3 is 12.1 Å². The van der Waals surface area contributed by atoms with Gasteiger partial charge in [0.15, 0.2) is 0 Å². The molecule has 2 heterocycles. The van der Waals surface area contributed by atoms with Crippen LogP contribution >= 0.6 is 0 Å². The van der Waals surface area contributed by atoms with Crippen molar-refractivity contribution in [3.63, 3.8) is 0 Å². The van der Waals surface area contributed by atoms with Crippen molar-refractivity contribution in [3.8, 4) is 5.75 Å². The van der Waals surface area contributed by atoms with E-state index < -0.39 is 22.6 Å². The van der Waals surface area contributed by atoms with Crippen LogP contribution in [0.5, 0.6) is 5.75 Å². The maximum absolute atomic E-state index is 13.3. The molecule has 0 bridgehead atoms. The van der Waals surface area contributed by atoms with Crippen LogP contribution in [0.1, 0.15) is 15.9 Å². The molecule has 0 saturated heterocycles. The van der Waals surface area contributed by atoms with Crippen molar-refractivity contribution in [2.75, 3.05) is 23.7 Å². The number of ether oxygens (including phenoxy) is 1. The minimum absolute atomic E-state index is 0.0901. The first-order chi connectivity index (χ1) is 15.2. The Hall–Kier alpha value is -4.22. The maximum Gasteiger partial charge on any atom is 0.416 e. The van der Waals surface area contributed by atoms with Crippen molar-refractivity contribution in [3.05, 3.63) is 82.3 Å². The minimum Gasteiger partial charge on any atom is -0.423 e. The number of nitrogens with one attached hydrogen (secondary N) is 2. The molecule has 166 valence electrons. The average molecular weight is 447 g/mol. The quantitative estimate of drug-likeness (QED) is 0.174. The molecule has 3 rings (SSSR count). The van der Waals surface area contributed by atoms with Gasteiger partial charge in [0.2, 0.25) is 0 Å². The van der Waals surface area contributed by atoms with Gasteiger partial charge in [0.25, 0.3) is 5.69 Å². The van der Waals surface area contributed by atoms with Crippen LogP contribution in [-0.4, -0.2) is 34.0 Å². The van der Waals surface area contributed by atoms with Gasteiger partial charge in [-0.3, -0.25) is 15.1 Å². The van der Waals surface area contributed by atoms with Gasteiger partial charge in [0, 0.05) is 43.3 Å². The summed E-state index contributed by atoms with van der Waals surface area (Å²) in [5.74, 6) is -0.747. The lowest BCUT2D eigenvalue weighted by molar-refractivity contribution is -0.385. The maximum atomic E-state index is 13.3. The number of nitro groups is 1. The summed E-state index contributed by atoms with van der Waals surface area (Å²) in [5, 5.41) is 16.3. The van der Waals surface area contributed by atoms with Crippen LogP contribution in [0.3, 0.4) is 0 Å². The Bertz CT molecular complexity index is 1090. The number of anilines is 2. The van der Waals surface area contributed by atoms with Gasteiger partial charge in [0.1, 0.15) is 17.8 Å². The summed E-state index contributed by atoms with van der Waals surface area (Å²) in [6.45, 7) is 0.446.